The van der Waals surface area contributed by atoms with Crippen LogP contribution in [0.5, 0.6) is 0 Å². The average molecular weight is 330 g/mol. The first-order chi connectivity index (χ1) is 10.9. The molecule has 0 amide bonds. The number of thioether (sulfide) groups is 1. The summed E-state index contributed by atoms with van der Waals surface area (Å²) in [4.78, 5) is 3.16. The van der Waals surface area contributed by atoms with Gasteiger partial charge in [0.05, 0.1) is 0 Å². The van der Waals surface area contributed by atoms with Crippen LogP contribution >= 0.6 is 11.8 Å². The number of hydrogen-bond donors (Lipinski definition) is 0. The van der Waals surface area contributed by atoms with Crippen LogP contribution in [0.3, 0.4) is 0 Å². The van der Waals surface area contributed by atoms with Crippen LogP contribution in [0.1, 0.15) is 44.9 Å². The van der Waals surface area contributed by atoms with Gasteiger partial charge in [-0.2, -0.15) is 0 Å². The van der Waals surface area contributed by atoms with E-state index in [1.807, 2.05) is 0 Å². The van der Waals surface area contributed by atoms with Crippen LogP contribution in [0.15, 0.2) is 46.2 Å². The Hall–Kier alpha value is -0.600. The van der Waals surface area contributed by atoms with Crippen LogP contribution in [0.4, 0.5) is 0 Å². The Labute approximate surface area is 141 Å². The van der Waals surface area contributed by atoms with Crippen molar-refractivity contribution in [2.75, 3.05) is 11.5 Å². The van der Waals surface area contributed by atoms with Gasteiger partial charge in [0, 0.05) is 31.8 Å². The second kappa shape index (κ2) is 6.88. The molecule has 1 aliphatic heterocycles. The largest absolute Gasteiger partial charge is 0.162 e. The maximum absolute atomic E-state index is 2.46. The molecule has 1 saturated carbocycles. The van der Waals surface area contributed by atoms with Crippen LogP contribution in [-0.4, -0.2) is 16.8 Å². The molecular weight excluding hydrogens is 304 g/mol. The smallest absolute Gasteiger partial charge is 0.122 e. The summed E-state index contributed by atoms with van der Waals surface area (Å²) in [5, 5.41) is 3.89. The molecule has 116 valence electrons. The average Bonchev–Trinajstić information content (AvgIpc) is 3.10. The molecule has 4 rings (SSSR count). The quantitative estimate of drug-likeness (QED) is 0.619. The Balaban J connectivity index is 1.69. The van der Waals surface area contributed by atoms with E-state index in [0.29, 0.717) is 10.9 Å². The molecule has 2 aromatic rings. The highest BCUT2D eigenvalue weighted by Gasteiger charge is 2.29. The highest BCUT2D eigenvalue weighted by atomic mass is 32.2. The highest BCUT2D eigenvalue weighted by molar-refractivity contribution is 8.00. The van der Waals surface area contributed by atoms with Crippen molar-refractivity contribution in [3.63, 3.8) is 0 Å². The lowest BCUT2D eigenvalue weighted by Gasteiger charge is -2.21. The van der Waals surface area contributed by atoms with E-state index < -0.39 is 0 Å². The maximum atomic E-state index is 2.46. The zero-order valence-corrected chi connectivity index (χ0v) is 14.9. The Morgan fingerprint density at radius 1 is 0.773 bits per heavy atom. The topological polar surface area (TPSA) is 0 Å². The van der Waals surface area contributed by atoms with Gasteiger partial charge in [-0.25, -0.2) is 0 Å². The molecule has 0 spiro atoms. The molecule has 22 heavy (non-hydrogen) atoms. The highest BCUT2D eigenvalue weighted by Crippen LogP contribution is 2.39. The van der Waals surface area contributed by atoms with E-state index >= 15 is 0 Å². The van der Waals surface area contributed by atoms with Gasteiger partial charge in [0.2, 0.25) is 0 Å². The Morgan fingerprint density at radius 3 is 2.27 bits per heavy atom. The third-order valence-electron chi connectivity index (χ3n) is 5.03. The van der Waals surface area contributed by atoms with Gasteiger partial charge in [-0.1, -0.05) is 37.5 Å². The summed E-state index contributed by atoms with van der Waals surface area (Å²) < 4.78 is 0. The maximum Gasteiger partial charge on any atom is 0.162 e. The minimum absolute atomic E-state index is 0.511. The van der Waals surface area contributed by atoms with E-state index in [1.165, 1.54) is 72.1 Å². The first-order valence-corrected chi connectivity index (χ1v) is 11.2. The number of hydrogen-bond acceptors (Lipinski definition) is 1. The van der Waals surface area contributed by atoms with Gasteiger partial charge >= 0.3 is 0 Å². The zero-order chi connectivity index (χ0) is 14.8. The van der Waals surface area contributed by atoms with Crippen LogP contribution in [0.25, 0.3) is 10.8 Å². The first kappa shape index (κ1) is 15.0. The molecular formula is C20H25S2+. The van der Waals surface area contributed by atoms with Crippen molar-refractivity contribution in [2.45, 2.75) is 60.0 Å². The fraction of sp³-hybridized carbons (Fsp3) is 0.500. The molecule has 0 N–H and O–H groups in total. The van der Waals surface area contributed by atoms with Crippen molar-refractivity contribution >= 4 is 33.4 Å². The predicted octanol–water partition coefficient (Wildman–Crippen LogP) is 6.04. The van der Waals surface area contributed by atoms with Gasteiger partial charge < -0.3 is 0 Å². The molecule has 0 unspecified atom stereocenters. The minimum Gasteiger partial charge on any atom is -0.122 e. The lowest BCUT2D eigenvalue weighted by atomic mass is 10.0. The summed E-state index contributed by atoms with van der Waals surface area (Å²) in [5.74, 6) is 2.83. The molecule has 0 nitrogen and oxygen atoms in total. The van der Waals surface area contributed by atoms with E-state index in [-0.39, 0.29) is 0 Å². The van der Waals surface area contributed by atoms with E-state index in [4.69, 9.17) is 0 Å². The molecule has 1 heterocycles. The Bertz CT molecular complexity index is 637. The minimum atomic E-state index is 0.511. The molecule has 2 aliphatic rings. The monoisotopic (exact) mass is 329 g/mol. The van der Waals surface area contributed by atoms with Crippen LogP contribution in [0, 0.1) is 0 Å². The van der Waals surface area contributed by atoms with Gasteiger partial charge in [-0.3, -0.25) is 0 Å². The third-order valence-corrected chi connectivity index (χ3v) is 8.99. The molecule has 2 heteroatoms. The fourth-order valence-electron chi connectivity index (χ4n) is 3.84. The van der Waals surface area contributed by atoms with Crippen molar-refractivity contribution in [3.8, 4) is 0 Å². The van der Waals surface area contributed by atoms with E-state index in [1.54, 1.807) is 4.90 Å². The van der Waals surface area contributed by atoms with Crippen molar-refractivity contribution in [2.24, 2.45) is 0 Å². The molecule has 2 aromatic carbocycles. The molecule has 1 aliphatic carbocycles. The fourth-order valence-corrected chi connectivity index (χ4v) is 7.71. The molecule has 0 aromatic heterocycles. The van der Waals surface area contributed by atoms with Gasteiger partial charge in [0.1, 0.15) is 11.5 Å². The molecule has 0 radical (unpaired) electrons. The number of benzene rings is 2. The first-order valence-electron chi connectivity index (χ1n) is 8.78. The lowest BCUT2D eigenvalue weighted by Crippen LogP contribution is -2.08. The molecule has 0 bridgehead atoms. The van der Waals surface area contributed by atoms with Crippen molar-refractivity contribution < 1.29 is 0 Å². The summed E-state index contributed by atoms with van der Waals surface area (Å²) in [6.07, 6.45) is 9.97. The van der Waals surface area contributed by atoms with Gasteiger partial charge in [-0.15, -0.1) is 11.8 Å². The van der Waals surface area contributed by atoms with E-state index in [2.05, 4.69) is 48.2 Å². The summed E-state index contributed by atoms with van der Waals surface area (Å²) in [5.41, 5.74) is 0. The Morgan fingerprint density at radius 2 is 1.50 bits per heavy atom. The normalized spacial score (nSPS) is 20.7. The lowest BCUT2D eigenvalue weighted by molar-refractivity contribution is 0.516. The van der Waals surface area contributed by atoms with Crippen molar-refractivity contribution in [1.82, 2.24) is 0 Å². The van der Waals surface area contributed by atoms with Crippen molar-refractivity contribution in [1.29, 1.82) is 0 Å². The molecule has 0 atom stereocenters. The van der Waals surface area contributed by atoms with Crippen LogP contribution < -0.4 is 0 Å². The summed E-state index contributed by atoms with van der Waals surface area (Å²) in [6.45, 7) is 0. The second-order valence-electron chi connectivity index (χ2n) is 6.59. The summed E-state index contributed by atoms with van der Waals surface area (Å²) in [7, 11) is 0.511. The van der Waals surface area contributed by atoms with Gasteiger partial charge in [-0.05, 0) is 43.9 Å². The van der Waals surface area contributed by atoms with Gasteiger partial charge in [0.15, 0.2) is 4.90 Å². The van der Waals surface area contributed by atoms with Crippen LogP contribution in [0.2, 0.25) is 0 Å². The molecule has 2 fully saturated rings. The third kappa shape index (κ3) is 3.05. The summed E-state index contributed by atoms with van der Waals surface area (Å²) >= 11 is 2.15. The van der Waals surface area contributed by atoms with Gasteiger partial charge in [0.25, 0.3) is 0 Å². The summed E-state index contributed by atoms with van der Waals surface area (Å²) in [6, 6.07) is 14.0. The van der Waals surface area contributed by atoms with Crippen LogP contribution in [-0.2, 0) is 10.9 Å². The Kier molecular flexibility index (Phi) is 4.68. The standard InChI is InChI=1S/C20H25S2/c1-2-8-16(9-3-1)21-19-12-13-20(22-14-6-7-15-22)18-11-5-4-10-17(18)19/h4-5,10-13,16H,1-3,6-9,14-15H2/q+1. The number of rotatable bonds is 3. The van der Waals surface area contributed by atoms with E-state index in [9.17, 15) is 0 Å². The predicted molar refractivity (Wildman–Crippen MR) is 101 cm³/mol. The van der Waals surface area contributed by atoms with Crippen molar-refractivity contribution in [3.05, 3.63) is 36.4 Å². The molecule has 1 saturated heterocycles. The number of fused-ring (bicyclic) bond motifs is 1. The second-order valence-corrected chi connectivity index (χ2v) is 10.2. The van der Waals surface area contributed by atoms with E-state index in [0.717, 1.165) is 5.25 Å². The SMILES string of the molecule is c1ccc2c([S+]3CCCC3)ccc(SC3CCCCC3)c2c1. The zero-order valence-electron chi connectivity index (χ0n) is 13.2.